The van der Waals surface area contributed by atoms with Crippen molar-refractivity contribution in [2.45, 2.75) is 199 Å². The first-order chi connectivity index (χ1) is 17.8. The van der Waals surface area contributed by atoms with Gasteiger partial charge in [0.2, 0.25) is 0 Å². The minimum Gasteiger partial charge on any atom is -0.481 e. The number of unbranched alkanes of at least 4 members (excludes halogenated alkanes) is 29. The van der Waals surface area contributed by atoms with Crippen molar-refractivity contribution in [1.29, 1.82) is 0 Å². The van der Waals surface area contributed by atoms with Crippen molar-refractivity contribution < 1.29 is 9.90 Å². The van der Waals surface area contributed by atoms with Crippen LogP contribution in [-0.4, -0.2) is 16.4 Å². The maximum Gasteiger partial charge on any atom is 0.303 e. The fourth-order valence-electron chi connectivity index (χ4n) is 5.32. The van der Waals surface area contributed by atoms with Crippen LogP contribution >= 0.6 is 15.9 Å². The molecule has 0 aliphatic rings. The molecule has 0 aliphatic carbocycles. The molecule has 0 saturated heterocycles. The lowest BCUT2D eigenvalue weighted by atomic mass is 10.0. The van der Waals surface area contributed by atoms with E-state index < -0.39 is 5.97 Å². The Morgan fingerprint density at radius 1 is 0.333 bits per heavy atom. The van der Waals surface area contributed by atoms with Crippen LogP contribution in [0.2, 0.25) is 0 Å². The van der Waals surface area contributed by atoms with Crippen LogP contribution in [0.3, 0.4) is 0 Å². The van der Waals surface area contributed by atoms with Crippen LogP contribution in [0.5, 0.6) is 0 Å². The zero-order chi connectivity index (χ0) is 26.2. The number of halogens is 1. The fraction of sp³-hybridized carbons (Fsp3) is 0.970. The molecule has 3 heteroatoms. The number of carboxylic acid groups (broad SMARTS) is 1. The highest BCUT2D eigenvalue weighted by molar-refractivity contribution is 9.09. The van der Waals surface area contributed by atoms with Gasteiger partial charge in [0.05, 0.1) is 0 Å². The first-order valence-corrected chi connectivity index (χ1v) is 17.7. The number of carbonyl (C=O) groups is 1. The maximum atomic E-state index is 10.5. The lowest BCUT2D eigenvalue weighted by molar-refractivity contribution is -0.137. The third-order valence-electron chi connectivity index (χ3n) is 7.77. The number of carboxylic acids is 1. The Bertz CT molecular complexity index is 412. The second kappa shape index (κ2) is 33.0. The van der Waals surface area contributed by atoms with Gasteiger partial charge in [-0.3, -0.25) is 4.79 Å². The largest absolute Gasteiger partial charge is 0.481 e. The third-order valence-corrected chi connectivity index (χ3v) is 8.34. The van der Waals surface area contributed by atoms with Gasteiger partial charge in [-0.1, -0.05) is 196 Å². The van der Waals surface area contributed by atoms with Crippen LogP contribution in [0, 0.1) is 0 Å². The van der Waals surface area contributed by atoms with E-state index in [0.717, 1.165) is 12.8 Å². The van der Waals surface area contributed by atoms with Crippen LogP contribution in [-0.2, 0) is 4.79 Å². The highest BCUT2D eigenvalue weighted by atomic mass is 79.9. The van der Waals surface area contributed by atoms with E-state index in [2.05, 4.69) is 15.9 Å². The SMILES string of the molecule is O=C(O)CCCCCCCCCCCCCCCCCCCCCCCCCCCCCCCCBr. The highest BCUT2D eigenvalue weighted by Crippen LogP contribution is 2.16. The summed E-state index contributed by atoms with van der Waals surface area (Å²) in [6, 6.07) is 0. The summed E-state index contributed by atoms with van der Waals surface area (Å²) in [7, 11) is 0. The molecule has 0 aromatic carbocycles. The van der Waals surface area contributed by atoms with E-state index in [1.165, 1.54) is 185 Å². The highest BCUT2D eigenvalue weighted by Gasteiger charge is 1.98. The normalized spacial score (nSPS) is 11.4. The minimum atomic E-state index is -0.648. The van der Waals surface area contributed by atoms with Crippen molar-refractivity contribution >= 4 is 21.9 Å². The quantitative estimate of drug-likeness (QED) is 0.0642. The number of alkyl halides is 1. The summed E-state index contributed by atoms with van der Waals surface area (Å²) in [5.74, 6) is -0.648. The van der Waals surface area contributed by atoms with Gasteiger partial charge in [0.1, 0.15) is 0 Å². The molecule has 0 rings (SSSR count). The Kier molecular flexibility index (Phi) is 32.9. The molecule has 1 N–H and O–H groups in total. The predicted molar refractivity (Wildman–Crippen MR) is 165 cm³/mol. The summed E-state index contributed by atoms with van der Waals surface area (Å²) >= 11 is 3.51. The Morgan fingerprint density at radius 2 is 0.500 bits per heavy atom. The summed E-state index contributed by atoms with van der Waals surface area (Å²) in [5, 5.41) is 9.80. The first kappa shape index (κ1) is 35.9. The summed E-state index contributed by atoms with van der Waals surface area (Å²) in [6.07, 6.45) is 42.3. The van der Waals surface area contributed by atoms with Crippen molar-refractivity contribution in [3.8, 4) is 0 Å². The van der Waals surface area contributed by atoms with Crippen LogP contribution in [0.1, 0.15) is 199 Å². The van der Waals surface area contributed by atoms with E-state index in [1.807, 2.05) is 0 Å². The van der Waals surface area contributed by atoms with Crippen molar-refractivity contribution in [1.82, 2.24) is 0 Å². The van der Waals surface area contributed by atoms with Crippen molar-refractivity contribution in [2.75, 3.05) is 5.33 Å². The second-order valence-corrected chi connectivity index (χ2v) is 12.2. The molecule has 36 heavy (non-hydrogen) atoms. The summed E-state index contributed by atoms with van der Waals surface area (Å²) in [5.41, 5.74) is 0. The molecule has 216 valence electrons. The van der Waals surface area contributed by atoms with E-state index in [1.54, 1.807) is 0 Å². The van der Waals surface area contributed by atoms with Crippen molar-refractivity contribution in [2.24, 2.45) is 0 Å². The van der Waals surface area contributed by atoms with Gasteiger partial charge >= 0.3 is 5.97 Å². The van der Waals surface area contributed by atoms with E-state index >= 15 is 0 Å². The Balaban J connectivity index is 3.02. The molecule has 0 unspecified atom stereocenters. The molecule has 0 spiro atoms. The van der Waals surface area contributed by atoms with Crippen molar-refractivity contribution in [3.63, 3.8) is 0 Å². The van der Waals surface area contributed by atoms with E-state index in [0.29, 0.717) is 6.42 Å². The molecule has 2 nitrogen and oxygen atoms in total. The molecular formula is C33H65BrO2. The van der Waals surface area contributed by atoms with E-state index in [-0.39, 0.29) is 0 Å². The molecule has 0 atom stereocenters. The zero-order valence-corrected chi connectivity index (χ0v) is 25.9. The molecule has 0 fully saturated rings. The molecule has 0 aromatic heterocycles. The molecule has 0 heterocycles. The molecule has 0 amide bonds. The Hall–Kier alpha value is -0.0500. The monoisotopic (exact) mass is 572 g/mol. The third kappa shape index (κ3) is 34.0. The summed E-state index contributed by atoms with van der Waals surface area (Å²) in [4.78, 5) is 10.5. The number of hydrogen-bond acceptors (Lipinski definition) is 1. The van der Waals surface area contributed by atoms with E-state index in [9.17, 15) is 4.79 Å². The van der Waals surface area contributed by atoms with E-state index in [4.69, 9.17) is 5.11 Å². The predicted octanol–water partition coefficient (Wildman–Crippen LogP) is 12.6. The molecule has 0 bridgehead atoms. The smallest absolute Gasteiger partial charge is 0.303 e. The Labute approximate surface area is 235 Å². The average molecular weight is 574 g/mol. The van der Waals surface area contributed by atoms with Crippen LogP contribution in [0.25, 0.3) is 0 Å². The first-order valence-electron chi connectivity index (χ1n) is 16.5. The van der Waals surface area contributed by atoms with Gasteiger partial charge in [-0.05, 0) is 12.8 Å². The minimum absolute atomic E-state index is 0.346. The van der Waals surface area contributed by atoms with Gasteiger partial charge in [0.25, 0.3) is 0 Å². The van der Waals surface area contributed by atoms with Crippen LogP contribution < -0.4 is 0 Å². The number of hydrogen-bond donors (Lipinski definition) is 1. The molecular weight excluding hydrogens is 508 g/mol. The van der Waals surface area contributed by atoms with Gasteiger partial charge in [-0.25, -0.2) is 0 Å². The molecule has 0 aromatic rings. The standard InChI is InChI=1S/C33H65BrO2/c34-32-30-28-26-24-22-20-18-16-14-12-10-8-6-4-2-1-3-5-7-9-11-13-15-17-19-21-23-25-27-29-31-33(35)36/h1-32H2,(H,35,36). The second-order valence-electron chi connectivity index (χ2n) is 11.4. The maximum absolute atomic E-state index is 10.5. The van der Waals surface area contributed by atoms with Gasteiger partial charge in [-0.15, -0.1) is 0 Å². The van der Waals surface area contributed by atoms with Crippen molar-refractivity contribution in [3.05, 3.63) is 0 Å². The van der Waals surface area contributed by atoms with Gasteiger partial charge < -0.3 is 5.11 Å². The molecule has 0 saturated carbocycles. The Morgan fingerprint density at radius 3 is 0.667 bits per heavy atom. The van der Waals surface area contributed by atoms with Crippen LogP contribution in [0.4, 0.5) is 0 Å². The van der Waals surface area contributed by atoms with Gasteiger partial charge in [-0.2, -0.15) is 0 Å². The summed E-state index contributed by atoms with van der Waals surface area (Å²) in [6.45, 7) is 0. The zero-order valence-electron chi connectivity index (χ0n) is 24.4. The van der Waals surface area contributed by atoms with Crippen LogP contribution in [0.15, 0.2) is 0 Å². The van der Waals surface area contributed by atoms with Gasteiger partial charge in [0.15, 0.2) is 0 Å². The molecule has 0 aliphatic heterocycles. The summed E-state index contributed by atoms with van der Waals surface area (Å²) < 4.78 is 0. The van der Waals surface area contributed by atoms with Gasteiger partial charge in [0, 0.05) is 11.8 Å². The fourth-order valence-corrected chi connectivity index (χ4v) is 5.72. The lowest BCUT2D eigenvalue weighted by Gasteiger charge is -2.04. The number of rotatable bonds is 32. The average Bonchev–Trinajstić information content (AvgIpc) is 2.87. The number of aliphatic carboxylic acids is 1. The molecule has 0 radical (unpaired) electrons. The topological polar surface area (TPSA) is 37.3 Å². The lowest BCUT2D eigenvalue weighted by Crippen LogP contribution is -1.93.